The summed E-state index contributed by atoms with van der Waals surface area (Å²) in [4.78, 5) is 41.0. The van der Waals surface area contributed by atoms with Crippen LogP contribution in [-0.2, 0) is 16.0 Å². The van der Waals surface area contributed by atoms with Gasteiger partial charge in [0.1, 0.15) is 11.8 Å². The number of nitro groups is 1. The molecule has 0 spiro atoms. The molecule has 1 aliphatic heterocycles. The molecule has 1 unspecified atom stereocenters. The van der Waals surface area contributed by atoms with Crippen molar-refractivity contribution >= 4 is 23.2 Å². The van der Waals surface area contributed by atoms with Crippen LogP contribution in [0, 0.1) is 10.1 Å². The fraction of sp³-hybridized carbons (Fsp3) is 0.417. The maximum absolute atomic E-state index is 13.5. The largest absolute Gasteiger partial charge is 0.497 e. The molecule has 9 heteroatoms. The van der Waals surface area contributed by atoms with Crippen molar-refractivity contribution in [2.24, 2.45) is 0 Å². The van der Waals surface area contributed by atoms with E-state index in [1.807, 2.05) is 45.0 Å². The number of likely N-dealkylation sites (N-methyl/N-ethyl adjacent to an activating group) is 1. The second kappa shape index (κ2) is 9.48. The summed E-state index contributed by atoms with van der Waals surface area (Å²) >= 11 is 0. The summed E-state index contributed by atoms with van der Waals surface area (Å²) < 4.78 is 5.20. The van der Waals surface area contributed by atoms with Crippen LogP contribution >= 0.6 is 0 Å². The van der Waals surface area contributed by atoms with Crippen LogP contribution in [0.15, 0.2) is 42.5 Å². The lowest BCUT2D eigenvalue weighted by atomic mass is 9.99. The normalized spacial score (nSPS) is 16.2. The van der Waals surface area contributed by atoms with E-state index in [1.165, 1.54) is 17.0 Å². The molecule has 2 aromatic rings. The number of hydrogen-bond donors (Lipinski definition) is 1. The smallest absolute Gasteiger partial charge is 0.269 e. The van der Waals surface area contributed by atoms with E-state index >= 15 is 0 Å². The highest BCUT2D eigenvalue weighted by atomic mass is 16.6. The molecule has 176 valence electrons. The van der Waals surface area contributed by atoms with E-state index in [2.05, 4.69) is 5.32 Å². The molecule has 2 aromatic carbocycles. The zero-order valence-electron chi connectivity index (χ0n) is 19.6. The van der Waals surface area contributed by atoms with Crippen molar-refractivity contribution in [3.8, 4) is 5.75 Å². The third-order valence-electron chi connectivity index (χ3n) is 5.48. The van der Waals surface area contributed by atoms with Crippen molar-refractivity contribution in [2.75, 3.05) is 32.1 Å². The number of anilines is 1. The van der Waals surface area contributed by atoms with Gasteiger partial charge in [-0.3, -0.25) is 19.7 Å². The van der Waals surface area contributed by atoms with Crippen molar-refractivity contribution in [1.82, 2.24) is 10.2 Å². The molecule has 0 saturated heterocycles. The predicted octanol–water partition coefficient (Wildman–Crippen LogP) is 3.08. The van der Waals surface area contributed by atoms with Crippen LogP contribution in [0.4, 0.5) is 11.4 Å². The quantitative estimate of drug-likeness (QED) is 0.531. The van der Waals surface area contributed by atoms with Crippen LogP contribution < -0.4 is 15.0 Å². The van der Waals surface area contributed by atoms with Crippen LogP contribution in [0.3, 0.4) is 0 Å². The fourth-order valence-corrected chi connectivity index (χ4v) is 3.93. The average molecular weight is 455 g/mol. The number of carbonyl (C=O) groups excluding carboxylic acids is 2. The lowest BCUT2D eigenvalue weighted by Crippen LogP contribution is -2.50. The van der Waals surface area contributed by atoms with Gasteiger partial charge in [0.15, 0.2) is 0 Å². The summed E-state index contributed by atoms with van der Waals surface area (Å²) in [6, 6.07) is 10.9. The SMILES string of the molecule is COc1ccc(CCN2C(=O)CN(C)c3ccc([N+](=O)[O-])cc3C2C(=O)NC(C)(C)C)cc1. The fourth-order valence-electron chi connectivity index (χ4n) is 3.93. The molecule has 33 heavy (non-hydrogen) atoms. The maximum Gasteiger partial charge on any atom is 0.269 e. The lowest BCUT2D eigenvalue weighted by molar-refractivity contribution is -0.384. The predicted molar refractivity (Wildman–Crippen MR) is 125 cm³/mol. The Labute approximate surface area is 193 Å². The molecule has 0 radical (unpaired) electrons. The van der Waals surface area contributed by atoms with Crippen molar-refractivity contribution in [1.29, 1.82) is 0 Å². The molecule has 2 amide bonds. The van der Waals surface area contributed by atoms with Gasteiger partial charge >= 0.3 is 0 Å². The second-order valence-electron chi connectivity index (χ2n) is 9.18. The minimum atomic E-state index is -0.991. The molecule has 0 aliphatic carbocycles. The summed E-state index contributed by atoms with van der Waals surface area (Å²) in [6.07, 6.45) is 0.517. The van der Waals surface area contributed by atoms with Crippen molar-refractivity contribution in [3.63, 3.8) is 0 Å². The number of benzene rings is 2. The minimum Gasteiger partial charge on any atom is -0.497 e. The number of hydrogen-bond acceptors (Lipinski definition) is 6. The van der Waals surface area contributed by atoms with Gasteiger partial charge in [0.25, 0.3) is 5.69 Å². The van der Waals surface area contributed by atoms with Crippen LogP contribution in [0.5, 0.6) is 5.75 Å². The molecule has 1 aliphatic rings. The lowest BCUT2D eigenvalue weighted by Gasteiger charge is -2.32. The number of nitrogens with zero attached hydrogens (tertiary/aromatic N) is 3. The van der Waals surface area contributed by atoms with Gasteiger partial charge in [0, 0.05) is 42.5 Å². The maximum atomic E-state index is 13.5. The molecule has 1 atom stereocenters. The van der Waals surface area contributed by atoms with Gasteiger partial charge in [0.2, 0.25) is 11.8 Å². The number of nitro benzene ring substituents is 1. The molecule has 9 nitrogen and oxygen atoms in total. The number of rotatable bonds is 6. The van der Waals surface area contributed by atoms with E-state index in [-0.39, 0.29) is 30.6 Å². The molecule has 0 fully saturated rings. The average Bonchev–Trinajstić information content (AvgIpc) is 2.84. The molecule has 0 bridgehead atoms. The molecular formula is C24H30N4O5. The number of methoxy groups -OCH3 is 1. The Morgan fingerprint density at radius 1 is 1.21 bits per heavy atom. The number of carbonyl (C=O) groups is 2. The molecule has 1 N–H and O–H groups in total. The van der Waals surface area contributed by atoms with Crippen LogP contribution in [0.25, 0.3) is 0 Å². The number of fused-ring (bicyclic) bond motifs is 1. The Bertz CT molecular complexity index is 1050. The van der Waals surface area contributed by atoms with Gasteiger partial charge in [-0.15, -0.1) is 0 Å². The van der Waals surface area contributed by atoms with Gasteiger partial charge < -0.3 is 19.9 Å². The van der Waals surface area contributed by atoms with Gasteiger partial charge in [-0.1, -0.05) is 12.1 Å². The van der Waals surface area contributed by atoms with E-state index in [4.69, 9.17) is 4.74 Å². The summed E-state index contributed by atoms with van der Waals surface area (Å²) in [6.45, 7) is 5.90. The molecule has 1 heterocycles. The topological polar surface area (TPSA) is 105 Å². The Balaban J connectivity index is 2.03. The van der Waals surface area contributed by atoms with Crippen molar-refractivity contribution in [3.05, 3.63) is 63.7 Å². The molecule has 0 saturated carbocycles. The first-order chi connectivity index (χ1) is 15.5. The zero-order chi connectivity index (χ0) is 24.3. The van der Waals surface area contributed by atoms with Crippen molar-refractivity contribution < 1.29 is 19.2 Å². The monoisotopic (exact) mass is 454 g/mol. The Hall–Kier alpha value is -3.62. The highest BCUT2D eigenvalue weighted by Crippen LogP contribution is 2.36. The van der Waals surface area contributed by atoms with E-state index in [9.17, 15) is 19.7 Å². The molecular weight excluding hydrogens is 424 g/mol. The molecule has 0 aromatic heterocycles. The third-order valence-corrected chi connectivity index (χ3v) is 5.48. The number of amides is 2. The van der Waals surface area contributed by atoms with Crippen molar-refractivity contribution in [2.45, 2.75) is 38.8 Å². The second-order valence-corrected chi connectivity index (χ2v) is 9.18. The van der Waals surface area contributed by atoms with Crippen LogP contribution in [0.1, 0.15) is 37.9 Å². The number of nitrogens with one attached hydrogen (secondary N) is 1. The first-order valence-electron chi connectivity index (χ1n) is 10.7. The minimum absolute atomic E-state index is 0.0622. The summed E-state index contributed by atoms with van der Waals surface area (Å²) in [5, 5.41) is 14.4. The van der Waals surface area contributed by atoms with E-state index < -0.39 is 16.5 Å². The van der Waals surface area contributed by atoms with E-state index in [0.717, 1.165) is 11.3 Å². The zero-order valence-corrected chi connectivity index (χ0v) is 19.6. The van der Waals surface area contributed by atoms with Gasteiger partial charge in [-0.25, -0.2) is 0 Å². The number of non-ortho nitro benzene ring substituents is 1. The van der Waals surface area contributed by atoms with E-state index in [1.54, 1.807) is 25.1 Å². The first kappa shape index (κ1) is 24.0. The Morgan fingerprint density at radius 3 is 2.45 bits per heavy atom. The Morgan fingerprint density at radius 2 is 1.88 bits per heavy atom. The standard InChI is InChI=1S/C24H30N4O5/c1-24(2,3)25-23(30)22-19-14-17(28(31)32)8-11-20(19)26(4)15-21(29)27(22)13-12-16-6-9-18(33-5)10-7-16/h6-11,14,22H,12-13,15H2,1-5H3,(H,25,30). The summed E-state index contributed by atoms with van der Waals surface area (Å²) in [5.74, 6) is 0.136. The van der Waals surface area contributed by atoms with Crippen LogP contribution in [-0.4, -0.2) is 54.4 Å². The van der Waals surface area contributed by atoms with Gasteiger partial charge in [-0.05, 0) is 51.0 Å². The number of ether oxygens (including phenoxy) is 1. The first-order valence-corrected chi connectivity index (χ1v) is 10.7. The Kier molecular flexibility index (Phi) is 6.90. The summed E-state index contributed by atoms with van der Waals surface area (Å²) in [7, 11) is 3.34. The van der Waals surface area contributed by atoms with E-state index in [0.29, 0.717) is 17.7 Å². The molecule has 3 rings (SSSR count). The highest BCUT2D eigenvalue weighted by Gasteiger charge is 2.38. The third kappa shape index (κ3) is 5.60. The highest BCUT2D eigenvalue weighted by molar-refractivity contribution is 5.94. The van der Waals surface area contributed by atoms with Crippen LogP contribution in [0.2, 0.25) is 0 Å². The summed E-state index contributed by atoms with van der Waals surface area (Å²) in [5.41, 5.74) is 1.38. The van der Waals surface area contributed by atoms with Gasteiger partial charge in [-0.2, -0.15) is 0 Å². The van der Waals surface area contributed by atoms with Gasteiger partial charge in [0.05, 0.1) is 18.6 Å².